The van der Waals surface area contributed by atoms with Crippen LogP contribution in [0.2, 0.25) is 0 Å². The number of H-pyrrole nitrogens is 2. The van der Waals surface area contributed by atoms with Crippen LogP contribution in [0, 0.1) is 6.92 Å². The molecule has 0 bridgehead atoms. The van der Waals surface area contributed by atoms with Gasteiger partial charge in [-0.25, -0.2) is 0 Å². The number of hydrogen-bond acceptors (Lipinski definition) is 6. The molecule has 0 aliphatic rings. The third kappa shape index (κ3) is 3.19. The standard InChI is InChI=1S/C13H11F2N7O2/c1-6-9(19-22-18-6)11(23)17-13-16-10(20-21-13)7-4-2-3-5-8(7)24-12(14)15/h2-5,12H,1H3,(H,18,19,22)(H2,16,17,20,21,23). The van der Waals surface area contributed by atoms with Crippen LogP contribution >= 0.6 is 0 Å². The van der Waals surface area contributed by atoms with Gasteiger partial charge in [-0.2, -0.15) is 29.2 Å². The van der Waals surface area contributed by atoms with Crippen molar-refractivity contribution in [3.05, 3.63) is 35.7 Å². The Morgan fingerprint density at radius 2 is 2.04 bits per heavy atom. The number of aromatic amines is 2. The summed E-state index contributed by atoms with van der Waals surface area (Å²) in [4.78, 5) is 16.0. The van der Waals surface area contributed by atoms with Crippen molar-refractivity contribution in [3.63, 3.8) is 0 Å². The molecule has 0 atom stereocenters. The molecule has 0 radical (unpaired) electrons. The Hall–Kier alpha value is -3.37. The Labute approximate surface area is 133 Å². The molecule has 0 unspecified atom stereocenters. The second-order valence-electron chi connectivity index (χ2n) is 4.59. The van der Waals surface area contributed by atoms with Gasteiger partial charge in [0.2, 0.25) is 5.95 Å². The number of hydrogen-bond donors (Lipinski definition) is 3. The summed E-state index contributed by atoms with van der Waals surface area (Å²) in [6.07, 6.45) is 0. The molecule has 2 heterocycles. The number of para-hydroxylation sites is 1. The van der Waals surface area contributed by atoms with Gasteiger partial charge in [0.25, 0.3) is 5.91 Å². The fraction of sp³-hybridized carbons (Fsp3) is 0.154. The molecule has 0 saturated heterocycles. The van der Waals surface area contributed by atoms with Crippen LogP contribution in [0.25, 0.3) is 11.4 Å². The van der Waals surface area contributed by atoms with Gasteiger partial charge in [-0.3, -0.25) is 15.2 Å². The molecule has 0 fully saturated rings. The van der Waals surface area contributed by atoms with Gasteiger partial charge in [0, 0.05) is 0 Å². The number of carbonyl (C=O) groups excluding carboxylic acids is 1. The van der Waals surface area contributed by atoms with E-state index < -0.39 is 12.5 Å². The molecule has 0 saturated carbocycles. The number of anilines is 1. The van der Waals surface area contributed by atoms with E-state index in [9.17, 15) is 13.6 Å². The number of ether oxygens (including phenoxy) is 1. The lowest BCUT2D eigenvalue weighted by atomic mass is 10.2. The van der Waals surface area contributed by atoms with E-state index in [0.717, 1.165) is 0 Å². The third-order valence-electron chi connectivity index (χ3n) is 3.01. The minimum atomic E-state index is -2.97. The van der Waals surface area contributed by atoms with Crippen molar-refractivity contribution >= 4 is 11.9 Å². The zero-order chi connectivity index (χ0) is 17.1. The topological polar surface area (TPSA) is 121 Å². The summed E-state index contributed by atoms with van der Waals surface area (Å²) >= 11 is 0. The van der Waals surface area contributed by atoms with E-state index in [1.807, 2.05) is 0 Å². The minimum absolute atomic E-state index is 0.0377. The first-order chi connectivity index (χ1) is 11.5. The van der Waals surface area contributed by atoms with Crippen molar-refractivity contribution in [2.75, 3.05) is 5.32 Å². The van der Waals surface area contributed by atoms with E-state index in [4.69, 9.17) is 0 Å². The van der Waals surface area contributed by atoms with E-state index in [0.29, 0.717) is 5.69 Å². The molecular weight excluding hydrogens is 324 g/mol. The van der Waals surface area contributed by atoms with Crippen molar-refractivity contribution in [1.29, 1.82) is 0 Å². The van der Waals surface area contributed by atoms with Gasteiger partial charge in [0.1, 0.15) is 5.75 Å². The second-order valence-corrected chi connectivity index (χ2v) is 4.59. The van der Waals surface area contributed by atoms with Gasteiger partial charge in [-0.15, -0.1) is 5.10 Å². The molecule has 1 aromatic carbocycles. The van der Waals surface area contributed by atoms with Crippen molar-refractivity contribution in [2.24, 2.45) is 0 Å². The Bertz CT molecular complexity index is 861. The maximum atomic E-state index is 12.4. The van der Waals surface area contributed by atoms with E-state index in [1.165, 1.54) is 12.1 Å². The predicted molar refractivity (Wildman–Crippen MR) is 77.5 cm³/mol. The van der Waals surface area contributed by atoms with Crippen LogP contribution in [0.5, 0.6) is 5.75 Å². The van der Waals surface area contributed by atoms with Gasteiger partial charge in [0.05, 0.1) is 11.3 Å². The average molecular weight is 335 g/mol. The van der Waals surface area contributed by atoms with Crippen LogP contribution in [-0.4, -0.2) is 43.1 Å². The summed E-state index contributed by atoms with van der Waals surface area (Å²) in [6, 6.07) is 6.09. The number of nitrogens with zero attached hydrogens (tertiary/aromatic N) is 4. The number of aromatic nitrogens is 6. The SMILES string of the molecule is Cc1n[nH]nc1C(=O)Nc1n[nH]c(-c2ccccc2OC(F)F)n1. The number of halogens is 2. The number of amides is 1. The van der Waals surface area contributed by atoms with Crippen molar-refractivity contribution in [2.45, 2.75) is 13.5 Å². The summed E-state index contributed by atoms with van der Waals surface area (Å²) < 4.78 is 29.3. The lowest BCUT2D eigenvalue weighted by Gasteiger charge is -2.07. The van der Waals surface area contributed by atoms with Crippen molar-refractivity contribution in [3.8, 4) is 17.1 Å². The molecule has 0 spiro atoms. The Kier molecular flexibility index (Phi) is 4.14. The molecule has 3 rings (SSSR count). The summed E-state index contributed by atoms with van der Waals surface area (Å²) in [6.45, 7) is -1.36. The summed E-state index contributed by atoms with van der Waals surface area (Å²) in [5, 5.41) is 18.6. The van der Waals surface area contributed by atoms with Crippen LogP contribution in [0.15, 0.2) is 24.3 Å². The van der Waals surface area contributed by atoms with Crippen LogP contribution in [0.4, 0.5) is 14.7 Å². The molecule has 11 heteroatoms. The molecule has 24 heavy (non-hydrogen) atoms. The first-order valence-electron chi connectivity index (χ1n) is 6.70. The summed E-state index contributed by atoms with van der Waals surface area (Å²) in [7, 11) is 0. The van der Waals surface area contributed by atoms with E-state index in [1.54, 1.807) is 19.1 Å². The average Bonchev–Trinajstić information content (AvgIpc) is 3.16. The molecule has 3 aromatic rings. The summed E-state index contributed by atoms with van der Waals surface area (Å²) in [5.41, 5.74) is 0.796. The first kappa shape index (κ1) is 15.5. The lowest BCUT2D eigenvalue weighted by Crippen LogP contribution is -2.14. The number of aryl methyl sites for hydroxylation is 1. The zero-order valence-electron chi connectivity index (χ0n) is 12.2. The zero-order valence-corrected chi connectivity index (χ0v) is 12.2. The number of alkyl halides is 2. The highest BCUT2D eigenvalue weighted by Gasteiger charge is 2.17. The lowest BCUT2D eigenvalue weighted by molar-refractivity contribution is -0.0494. The highest BCUT2D eigenvalue weighted by molar-refractivity contribution is 6.02. The van der Waals surface area contributed by atoms with Crippen LogP contribution in [-0.2, 0) is 0 Å². The molecule has 9 nitrogen and oxygen atoms in total. The Morgan fingerprint density at radius 3 is 2.75 bits per heavy atom. The van der Waals surface area contributed by atoms with Gasteiger partial charge in [-0.05, 0) is 19.1 Å². The number of benzene rings is 1. The van der Waals surface area contributed by atoms with Gasteiger partial charge < -0.3 is 4.74 Å². The predicted octanol–water partition coefficient (Wildman–Crippen LogP) is 1.75. The van der Waals surface area contributed by atoms with Gasteiger partial charge >= 0.3 is 6.61 Å². The second kappa shape index (κ2) is 6.40. The highest BCUT2D eigenvalue weighted by atomic mass is 19.3. The summed E-state index contributed by atoms with van der Waals surface area (Å²) in [5.74, 6) is -0.486. The number of nitrogens with one attached hydrogen (secondary N) is 3. The van der Waals surface area contributed by atoms with Gasteiger partial charge in [-0.1, -0.05) is 12.1 Å². The Morgan fingerprint density at radius 1 is 1.25 bits per heavy atom. The third-order valence-corrected chi connectivity index (χ3v) is 3.01. The monoisotopic (exact) mass is 335 g/mol. The maximum absolute atomic E-state index is 12.4. The molecule has 1 amide bonds. The molecule has 0 aliphatic heterocycles. The van der Waals surface area contributed by atoms with E-state index in [-0.39, 0.29) is 28.8 Å². The van der Waals surface area contributed by atoms with Crippen LogP contribution < -0.4 is 10.1 Å². The molecule has 3 N–H and O–H groups in total. The van der Waals surface area contributed by atoms with Crippen molar-refractivity contribution in [1.82, 2.24) is 30.6 Å². The van der Waals surface area contributed by atoms with Crippen LogP contribution in [0.3, 0.4) is 0 Å². The van der Waals surface area contributed by atoms with Gasteiger partial charge in [0.15, 0.2) is 11.5 Å². The van der Waals surface area contributed by atoms with Crippen LogP contribution in [0.1, 0.15) is 16.2 Å². The first-order valence-corrected chi connectivity index (χ1v) is 6.70. The molecule has 124 valence electrons. The molecular formula is C13H11F2N7O2. The smallest absolute Gasteiger partial charge is 0.387 e. The largest absolute Gasteiger partial charge is 0.434 e. The van der Waals surface area contributed by atoms with E-state index >= 15 is 0 Å². The fourth-order valence-electron chi connectivity index (χ4n) is 1.96. The Balaban J connectivity index is 1.81. The maximum Gasteiger partial charge on any atom is 0.387 e. The minimum Gasteiger partial charge on any atom is -0.434 e. The van der Waals surface area contributed by atoms with Crippen molar-refractivity contribution < 1.29 is 18.3 Å². The fourth-order valence-corrected chi connectivity index (χ4v) is 1.96. The highest BCUT2D eigenvalue weighted by Crippen LogP contribution is 2.28. The molecule has 2 aromatic heterocycles. The number of rotatable bonds is 5. The number of carbonyl (C=O) groups is 1. The quantitative estimate of drug-likeness (QED) is 0.653. The van der Waals surface area contributed by atoms with E-state index in [2.05, 4.69) is 40.6 Å². The normalized spacial score (nSPS) is 10.8. The molecule has 0 aliphatic carbocycles.